The van der Waals surface area contributed by atoms with Gasteiger partial charge in [0.15, 0.2) is 16.7 Å². The van der Waals surface area contributed by atoms with Crippen molar-refractivity contribution in [2.24, 2.45) is 5.92 Å². The van der Waals surface area contributed by atoms with Gasteiger partial charge in [0.25, 0.3) is 0 Å². The summed E-state index contributed by atoms with van der Waals surface area (Å²) >= 11 is 1.62. The summed E-state index contributed by atoms with van der Waals surface area (Å²) in [7, 11) is 0. The second kappa shape index (κ2) is 6.66. The molecular weight excluding hydrogens is 286 g/mol. The molecule has 2 aromatic rings. The van der Waals surface area contributed by atoms with E-state index in [0.717, 1.165) is 29.0 Å². The van der Waals surface area contributed by atoms with Gasteiger partial charge < -0.3 is 9.52 Å². The number of rotatable bonds is 7. The van der Waals surface area contributed by atoms with Crippen molar-refractivity contribution in [3.63, 3.8) is 0 Å². The molecule has 0 aromatic carbocycles. The third kappa shape index (κ3) is 4.61. The molecule has 0 amide bonds. The monoisotopic (exact) mass is 309 g/mol. The van der Waals surface area contributed by atoms with E-state index < -0.39 is 5.60 Å². The van der Waals surface area contributed by atoms with Gasteiger partial charge in [0, 0.05) is 12.3 Å². The molecule has 0 aliphatic heterocycles. The molecule has 0 aliphatic carbocycles. The molecule has 0 bridgehead atoms. The van der Waals surface area contributed by atoms with Gasteiger partial charge in [-0.15, -0.1) is 10.2 Å². The molecule has 0 unspecified atom stereocenters. The van der Waals surface area contributed by atoms with Crippen LogP contribution in [0.25, 0.3) is 11.6 Å². The van der Waals surface area contributed by atoms with Crippen LogP contribution in [0.1, 0.15) is 34.1 Å². The third-order valence-electron chi connectivity index (χ3n) is 2.95. The molecule has 6 heteroatoms. The van der Waals surface area contributed by atoms with Crippen LogP contribution >= 0.6 is 11.8 Å². The van der Waals surface area contributed by atoms with Crippen LogP contribution in [-0.4, -0.2) is 31.2 Å². The van der Waals surface area contributed by atoms with Crippen molar-refractivity contribution in [3.8, 4) is 11.6 Å². The third-order valence-corrected chi connectivity index (χ3v) is 3.92. The van der Waals surface area contributed by atoms with Crippen molar-refractivity contribution >= 4 is 11.8 Å². The zero-order chi connectivity index (χ0) is 15.5. The van der Waals surface area contributed by atoms with Crippen LogP contribution < -0.4 is 0 Å². The Morgan fingerprint density at radius 3 is 2.71 bits per heavy atom. The van der Waals surface area contributed by atoms with Crippen molar-refractivity contribution in [3.05, 3.63) is 18.4 Å². The highest BCUT2D eigenvalue weighted by atomic mass is 32.2. The molecule has 2 aromatic heterocycles. The molecule has 2 rings (SSSR count). The Morgan fingerprint density at radius 2 is 2.14 bits per heavy atom. The highest BCUT2D eigenvalue weighted by molar-refractivity contribution is 7.99. The van der Waals surface area contributed by atoms with Crippen LogP contribution in [0.2, 0.25) is 0 Å². The zero-order valence-electron chi connectivity index (χ0n) is 13.0. The largest absolute Gasteiger partial charge is 0.461 e. The molecule has 0 aliphatic rings. The summed E-state index contributed by atoms with van der Waals surface area (Å²) in [5.74, 6) is 2.79. The van der Waals surface area contributed by atoms with Gasteiger partial charge in [0.05, 0.1) is 11.9 Å². The molecule has 0 fully saturated rings. The van der Waals surface area contributed by atoms with Crippen LogP contribution in [0.4, 0.5) is 0 Å². The number of aliphatic hydroxyl groups is 1. The number of hydrogen-bond acceptors (Lipinski definition) is 5. The topological polar surface area (TPSA) is 64.1 Å². The Morgan fingerprint density at radius 1 is 1.38 bits per heavy atom. The first-order valence-electron chi connectivity index (χ1n) is 7.19. The lowest BCUT2D eigenvalue weighted by Crippen LogP contribution is -2.19. The summed E-state index contributed by atoms with van der Waals surface area (Å²) in [4.78, 5) is 0. The molecule has 5 nitrogen and oxygen atoms in total. The molecule has 0 atom stereocenters. The number of hydrogen-bond donors (Lipinski definition) is 1. The molecule has 0 saturated carbocycles. The number of furan rings is 1. The number of aromatic nitrogens is 3. The SMILES string of the molecule is CC(C)Cn1c(SCCC(C)(C)O)nnc1-c1ccco1. The Bertz CT molecular complexity index is 556. The van der Waals surface area contributed by atoms with Crippen molar-refractivity contribution in [2.75, 3.05) is 5.75 Å². The van der Waals surface area contributed by atoms with Crippen molar-refractivity contribution in [1.29, 1.82) is 0 Å². The molecule has 1 N–H and O–H groups in total. The van der Waals surface area contributed by atoms with E-state index in [-0.39, 0.29) is 0 Å². The first-order valence-corrected chi connectivity index (χ1v) is 8.17. The molecule has 0 spiro atoms. The van der Waals surface area contributed by atoms with Crippen LogP contribution in [0, 0.1) is 5.92 Å². The van der Waals surface area contributed by atoms with Gasteiger partial charge in [-0.2, -0.15) is 0 Å². The minimum Gasteiger partial charge on any atom is -0.461 e. The molecule has 116 valence electrons. The quantitative estimate of drug-likeness (QED) is 0.794. The summed E-state index contributed by atoms with van der Waals surface area (Å²) in [6.45, 7) is 8.81. The van der Waals surface area contributed by atoms with Crippen molar-refractivity contribution in [2.45, 2.75) is 51.4 Å². The van der Waals surface area contributed by atoms with Crippen molar-refractivity contribution in [1.82, 2.24) is 14.8 Å². The van der Waals surface area contributed by atoms with E-state index in [2.05, 4.69) is 28.6 Å². The summed E-state index contributed by atoms with van der Waals surface area (Å²) in [6.07, 6.45) is 2.35. The molecule has 2 heterocycles. The predicted molar refractivity (Wildman–Crippen MR) is 84.2 cm³/mol. The van der Waals surface area contributed by atoms with Gasteiger partial charge >= 0.3 is 0 Å². The first kappa shape index (κ1) is 16.1. The first-order chi connectivity index (χ1) is 9.87. The van der Waals surface area contributed by atoms with E-state index in [9.17, 15) is 5.11 Å². The van der Waals surface area contributed by atoms with E-state index in [1.165, 1.54) is 0 Å². The second-order valence-corrected chi connectivity index (χ2v) is 7.26. The molecule has 0 saturated heterocycles. The maximum absolute atomic E-state index is 9.79. The van der Waals surface area contributed by atoms with Crippen LogP contribution in [0.5, 0.6) is 0 Å². The van der Waals surface area contributed by atoms with E-state index in [4.69, 9.17) is 4.42 Å². The maximum atomic E-state index is 9.79. The Hall–Kier alpha value is -1.27. The van der Waals surface area contributed by atoms with Crippen LogP contribution in [-0.2, 0) is 6.54 Å². The Kier molecular flexibility index (Phi) is 5.11. The predicted octanol–water partition coefficient (Wildman–Crippen LogP) is 3.45. The molecular formula is C15H23N3O2S. The lowest BCUT2D eigenvalue weighted by atomic mass is 10.1. The average molecular weight is 309 g/mol. The minimum atomic E-state index is -0.653. The fourth-order valence-electron chi connectivity index (χ4n) is 1.91. The zero-order valence-corrected chi connectivity index (χ0v) is 13.9. The Labute approximate surface area is 129 Å². The standard InChI is InChI=1S/C15H23N3O2S/c1-11(2)10-18-13(12-6-5-8-20-12)16-17-14(18)21-9-7-15(3,4)19/h5-6,8,11,19H,7,9-10H2,1-4H3. The van der Waals surface area contributed by atoms with Gasteiger partial charge in [0.1, 0.15) is 0 Å². The van der Waals surface area contributed by atoms with E-state index in [1.807, 2.05) is 26.0 Å². The lowest BCUT2D eigenvalue weighted by Gasteiger charge is -2.16. The number of nitrogens with zero attached hydrogens (tertiary/aromatic N) is 3. The van der Waals surface area contributed by atoms with Gasteiger partial charge in [-0.25, -0.2) is 0 Å². The van der Waals surface area contributed by atoms with Gasteiger partial charge in [-0.05, 0) is 38.3 Å². The summed E-state index contributed by atoms with van der Waals surface area (Å²) < 4.78 is 7.54. The summed E-state index contributed by atoms with van der Waals surface area (Å²) in [5, 5.41) is 19.2. The van der Waals surface area contributed by atoms with Crippen LogP contribution in [0.15, 0.2) is 28.0 Å². The van der Waals surface area contributed by atoms with E-state index in [1.54, 1.807) is 18.0 Å². The Balaban J connectivity index is 2.17. The van der Waals surface area contributed by atoms with Gasteiger partial charge in [-0.3, -0.25) is 4.57 Å². The van der Waals surface area contributed by atoms with Gasteiger partial charge in [0.2, 0.25) is 0 Å². The fourth-order valence-corrected chi connectivity index (χ4v) is 3.10. The highest BCUT2D eigenvalue weighted by Gasteiger charge is 2.18. The second-order valence-electron chi connectivity index (χ2n) is 6.20. The fraction of sp³-hybridized carbons (Fsp3) is 0.600. The number of thioether (sulfide) groups is 1. The average Bonchev–Trinajstić information content (AvgIpc) is 2.97. The van der Waals surface area contributed by atoms with E-state index in [0.29, 0.717) is 12.3 Å². The molecule has 0 radical (unpaired) electrons. The maximum Gasteiger partial charge on any atom is 0.200 e. The summed E-state index contributed by atoms with van der Waals surface area (Å²) in [6, 6.07) is 3.75. The van der Waals surface area contributed by atoms with Crippen molar-refractivity contribution < 1.29 is 9.52 Å². The normalized spacial score (nSPS) is 12.3. The molecule has 21 heavy (non-hydrogen) atoms. The minimum absolute atomic E-state index is 0.489. The smallest absolute Gasteiger partial charge is 0.200 e. The highest BCUT2D eigenvalue weighted by Crippen LogP contribution is 2.26. The lowest BCUT2D eigenvalue weighted by molar-refractivity contribution is 0.0777. The van der Waals surface area contributed by atoms with Crippen LogP contribution in [0.3, 0.4) is 0 Å². The van der Waals surface area contributed by atoms with Gasteiger partial charge in [-0.1, -0.05) is 25.6 Å². The summed E-state index contributed by atoms with van der Waals surface area (Å²) in [5.41, 5.74) is -0.653. The van der Waals surface area contributed by atoms with E-state index >= 15 is 0 Å².